The first-order chi connectivity index (χ1) is 10.3. The molecular weight excluding hydrogens is 411 g/mol. The molecule has 0 aliphatic heterocycles. The molecule has 0 aromatic rings. The highest BCUT2D eigenvalue weighted by Gasteiger charge is 2.19. The van der Waals surface area contributed by atoms with Gasteiger partial charge in [-0.3, -0.25) is 4.99 Å². The van der Waals surface area contributed by atoms with Crippen LogP contribution < -0.4 is 10.6 Å². The first-order valence-corrected chi connectivity index (χ1v) is 7.76. The highest BCUT2D eigenvalue weighted by molar-refractivity contribution is 14.0. The summed E-state index contributed by atoms with van der Waals surface area (Å²) in [7, 11) is 3.43. The summed E-state index contributed by atoms with van der Waals surface area (Å²) in [6, 6.07) is 0. The van der Waals surface area contributed by atoms with Crippen LogP contribution in [0.25, 0.3) is 0 Å². The number of aliphatic imine (C=N–C) groups is 1. The minimum Gasteiger partial charge on any atom is -0.444 e. The fraction of sp³-hybridized carbons (Fsp3) is 0.867. The highest BCUT2D eigenvalue weighted by Crippen LogP contribution is 2.08. The lowest BCUT2D eigenvalue weighted by Gasteiger charge is -2.24. The molecule has 0 aliphatic rings. The van der Waals surface area contributed by atoms with Crippen LogP contribution >= 0.6 is 24.0 Å². The van der Waals surface area contributed by atoms with Crippen LogP contribution in [0.3, 0.4) is 0 Å². The van der Waals surface area contributed by atoms with Crippen molar-refractivity contribution in [2.24, 2.45) is 4.99 Å². The summed E-state index contributed by atoms with van der Waals surface area (Å²) in [5, 5.41) is 6.35. The Bertz CT molecular complexity index is 346. The van der Waals surface area contributed by atoms with Crippen molar-refractivity contribution in [3.05, 3.63) is 0 Å². The third kappa shape index (κ3) is 14.5. The summed E-state index contributed by atoms with van der Waals surface area (Å²) >= 11 is 0. The molecule has 0 fully saturated rings. The summed E-state index contributed by atoms with van der Waals surface area (Å²) in [5.41, 5.74) is -0.475. The molecule has 0 aromatic heterocycles. The van der Waals surface area contributed by atoms with Crippen LogP contribution in [0.5, 0.6) is 0 Å². The lowest BCUT2D eigenvalue weighted by Crippen LogP contribution is -2.43. The van der Waals surface area contributed by atoms with Gasteiger partial charge < -0.3 is 25.0 Å². The van der Waals surface area contributed by atoms with E-state index in [1.165, 1.54) is 0 Å². The number of nitrogens with one attached hydrogen (secondary N) is 2. The number of ether oxygens (including phenoxy) is 2. The SMILES string of the molecule is CCOCCCNC(=NC)NCCN(C)C(=O)OC(C)(C)C.I. The maximum absolute atomic E-state index is 11.8. The van der Waals surface area contributed by atoms with Crippen molar-refractivity contribution in [3.63, 3.8) is 0 Å². The topological polar surface area (TPSA) is 75.2 Å². The highest BCUT2D eigenvalue weighted by atomic mass is 127. The second-order valence-electron chi connectivity index (χ2n) is 5.88. The molecule has 0 spiro atoms. The molecule has 138 valence electrons. The predicted molar refractivity (Wildman–Crippen MR) is 105 cm³/mol. The molecule has 0 rings (SSSR count). The van der Waals surface area contributed by atoms with Crippen molar-refractivity contribution in [3.8, 4) is 0 Å². The number of rotatable bonds is 8. The molecule has 0 aliphatic carbocycles. The molecule has 0 saturated heterocycles. The van der Waals surface area contributed by atoms with Crippen molar-refractivity contribution in [1.29, 1.82) is 0 Å². The summed E-state index contributed by atoms with van der Waals surface area (Å²) in [6.07, 6.45) is 0.598. The molecule has 1 amide bonds. The number of amides is 1. The largest absolute Gasteiger partial charge is 0.444 e. The normalized spacial score (nSPS) is 11.5. The van der Waals surface area contributed by atoms with Gasteiger partial charge in [-0.25, -0.2) is 4.79 Å². The quantitative estimate of drug-likeness (QED) is 0.260. The van der Waals surface area contributed by atoms with Crippen LogP contribution in [-0.2, 0) is 9.47 Å². The standard InChI is InChI=1S/C15H32N4O3.HI/c1-7-21-12-8-9-17-13(16-5)18-10-11-19(6)14(20)22-15(2,3)4;/h7-12H2,1-6H3,(H2,16,17,18);1H. The van der Waals surface area contributed by atoms with E-state index in [0.717, 1.165) is 26.2 Å². The summed E-state index contributed by atoms with van der Waals surface area (Å²) in [4.78, 5) is 17.5. The number of guanidine groups is 1. The van der Waals surface area contributed by atoms with Crippen molar-refractivity contribution in [1.82, 2.24) is 15.5 Å². The number of hydrogen-bond acceptors (Lipinski definition) is 4. The summed E-state index contributed by atoms with van der Waals surface area (Å²) in [5.74, 6) is 0.717. The van der Waals surface area contributed by atoms with Crippen LogP contribution in [-0.4, -0.2) is 69.5 Å². The van der Waals surface area contributed by atoms with Crippen LogP contribution in [0.4, 0.5) is 4.79 Å². The van der Waals surface area contributed by atoms with Gasteiger partial charge in [0, 0.05) is 46.9 Å². The Balaban J connectivity index is 0. The molecule has 0 radical (unpaired) electrons. The maximum Gasteiger partial charge on any atom is 0.410 e. The van der Waals surface area contributed by atoms with E-state index in [1.54, 1.807) is 19.0 Å². The smallest absolute Gasteiger partial charge is 0.410 e. The zero-order valence-electron chi connectivity index (χ0n) is 15.3. The van der Waals surface area contributed by atoms with Crippen molar-refractivity contribution in [2.75, 3.05) is 46.9 Å². The molecule has 0 unspecified atom stereocenters. The third-order valence-corrected chi connectivity index (χ3v) is 2.63. The van der Waals surface area contributed by atoms with E-state index in [2.05, 4.69) is 15.6 Å². The first kappa shape index (κ1) is 24.5. The second kappa shape index (κ2) is 13.6. The minimum atomic E-state index is -0.475. The average molecular weight is 444 g/mol. The fourth-order valence-corrected chi connectivity index (χ4v) is 1.52. The van der Waals surface area contributed by atoms with Crippen LogP contribution in [0.2, 0.25) is 0 Å². The van der Waals surface area contributed by atoms with E-state index < -0.39 is 5.60 Å². The van der Waals surface area contributed by atoms with Gasteiger partial charge in [0.1, 0.15) is 5.60 Å². The van der Waals surface area contributed by atoms with Gasteiger partial charge in [0.15, 0.2) is 5.96 Å². The lowest BCUT2D eigenvalue weighted by molar-refractivity contribution is 0.0302. The van der Waals surface area contributed by atoms with Gasteiger partial charge in [0.25, 0.3) is 0 Å². The van der Waals surface area contributed by atoms with Gasteiger partial charge in [0.05, 0.1) is 0 Å². The summed E-state index contributed by atoms with van der Waals surface area (Å²) < 4.78 is 10.6. The third-order valence-electron chi connectivity index (χ3n) is 2.63. The molecule has 0 heterocycles. The first-order valence-electron chi connectivity index (χ1n) is 7.76. The minimum absolute atomic E-state index is 0. The molecule has 7 nitrogen and oxygen atoms in total. The van der Waals surface area contributed by atoms with E-state index in [-0.39, 0.29) is 30.1 Å². The Morgan fingerprint density at radius 1 is 1.22 bits per heavy atom. The van der Waals surface area contributed by atoms with E-state index in [4.69, 9.17) is 9.47 Å². The molecule has 0 bridgehead atoms. The Morgan fingerprint density at radius 2 is 1.83 bits per heavy atom. The van der Waals surface area contributed by atoms with E-state index in [1.807, 2.05) is 27.7 Å². The molecule has 8 heteroatoms. The van der Waals surface area contributed by atoms with Crippen molar-refractivity contribution < 1.29 is 14.3 Å². The van der Waals surface area contributed by atoms with Gasteiger partial charge in [0.2, 0.25) is 0 Å². The van der Waals surface area contributed by atoms with E-state index >= 15 is 0 Å². The van der Waals surface area contributed by atoms with Crippen molar-refractivity contribution >= 4 is 36.0 Å². The Hall–Kier alpha value is -0.770. The Labute approximate surface area is 157 Å². The lowest BCUT2D eigenvalue weighted by atomic mass is 10.2. The van der Waals surface area contributed by atoms with E-state index in [9.17, 15) is 4.79 Å². The molecule has 0 aromatic carbocycles. The van der Waals surface area contributed by atoms with Gasteiger partial charge in [-0.05, 0) is 34.1 Å². The fourth-order valence-electron chi connectivity index (χ4n) is 1.52. The number of hydrogen-bond donors (Lipinski definition) is 2. The number of carbonyl (C=O) groups is 1. The van der Waals surface area contributed by atoms with Crippen LogP contribution in [0, 0.1) is 0 Å². The Morgan fingerprint density at radius 3 is 2.35 bits per heavy atom. The number of likely N-dealkylation sites (N-methyl/N-ethyl adjacent to an activating group) is 1. The number of carbonyl (C=O) groups excluding carboxylic acids is 1. The molecular formula is C15H33IN4O3. The molecule has 0 atom stereocenters. The average Bonchev–Trinajstić information content (AvgIpc) is 2.43. The molecule has 2 N–H and O–H groups in total. The summed E-state index contributed by atoms with van der Waals surface area (Å²) in [6.45, 7) is 10.9. The van der Waals surface area contributed by atoms with Gasteiger partial charge >= 0.3 is 6.09 Å². The van der Waals surface area contributed by atoms with Crippen LogP contribution in [0.1, 0.15) is 34.1 Å². The molecule has 23 heavy (non-hydrogen) atoms. The zero-order valence-corrected chi connectivity index (χ0v) is 17.6. The van der Waals surface area contributed by atoms with Gasteiger partial charge in [-0.2, -0.15) is 0 Å². The maximum atomic E-state index is 11.8. The predicted octanol–water partition coefficient (Wildman–Crippen LogP) is 2.06. The zero-order chi connectivity index (χ0) is 17.0. The van der Waals surface area contributed by atoms with Crippen molar-refractivity contribution in [2.45, 2.75) is 39.7 Å². The number of nitrogens with zero attached hydrogens (tertiary/aromatic N) is 2. The number of halogens is 1. The van der Waals surface area contributed by atoms with Gasteiger partial charge in [-0.1, -0.05) is 0 Å². The van der Waals surface area contributed by atoms with E-state index in [0.29, 0.717) is 19.0 Å². The monoisotopic (exact) mass is 444 g/mol. The van der Waals surface area contributed by atoms with Gasteiger partial charge in [-0.15, -0.1) is 24.0 Å². The second-order valence-corrected chi connectivity index (χ2v) is 5.88. The Kier molecular flexibility index (Phi) is 14.5. The molecule has 0 saturated carbocycles. The van der Waals surface area contributed by atoms with Crippen LogP contribution in [0.15, 0.2) is 4.99 Å².